The number of nitro benzene ring substituents is 1. The van der Waals surface area contributed by atoms with Crippen LogP contribution in [0.2, 0.25) is 5.02 Å². The van der Waals surface area contributed by atoms with Crippen LogP contribution in [0.4, 0.5) is 11.4 Å². The third kappa shape index (κ3) is 3.24. The Balaban J connectivity index is 2.06. The van der Waals surface area contributed by atoms with E-state index in [-0.39, 0.29) is 22.2 Å². The highest BCUT2D eigenvalue weighted by Crippen LogP contribution is 2.37. The summed E-state index contributed by atoms with van der Waals surface area (Å²) in [5, 5.41) is 25.2. The van der Waals surface area contributed by atoms with Crippen LogP contribution in [0.15, 0.2) is 50.9 Å². The van der Waals surface area contributed by atoms with Crippen LogP contribution in [0.25, 0.3) is 10.9 Å². The van der Waals surface area contributed by atoms with E-state index in [1.165, 1.54) is 25.1 Å². The van der Waals surface area contributed by atoms with E-state index in [2.05, 4.69) is 14.6 Å². The summed E-state index contributed by atoms with van der Waals surface area (Å²) < 4.78 is 27.9. The number of sulfonamides is 1. The number of H-pyrrole nitrogens is 1. The van der Waals surface area contributed by atoms with Crippen LogP contribution in [0, 0.1) is 17.0 Å². The van der Waals surface area contributed by atoms with Gasteiger partial charge in [-0.25, -0.2) is 0 Å². The minimum Gasteiger partial charge on any atom is -0.493 e. The third-order valence-electron chi connectivity index (χ3n) is 3.64. The fraction of sp³-hybridized carbons (Fsp3) is 0.0667. The van der Waals surface area contributed by atoms with Gasteiger partial charge < -0.3 is 10.1 Å². The zero-order valence-electron chi connectivity index (χ0n) is 13.2. The van der Waals surface area contributed by atoms with Crippen molar-refractivity contribution >= 4 is 43.9 Å². The zero-order valence-corrected chi connectivity index (χ0v) is 14.7. The second-order valence-corrected chi connectivity index (χ2v) is 7.40. The molecule has 0 atom stereocenters. The van der Waals surface area contributed by atoms with Crippen molar-refractivity contribution in [3.05, 3.63) is 57.1 Å². The summed E-state index contributed by atoms with van der Waals surface area (Å²) in [4.78, 5) is 12.5. The van der Waals surface area contributed by atoms with Crippen molar-refractivity contribution < 1.29 is 18.4 Å². The van der Waals surface area contributed by atoms with E-state index in [1.54, 1.807) is 12.1 Å². The van der Waals surface area contributed by atoms with Gasteiger partial charge in [0.15, 0.2) is 5.69 Å². The van der Waals surface area contributed by atoms with Gasteiger partial charge in [0.1, 0.15) is 0 Å². The molecule has 2 N–H and O–H groups in total. The maximum absolute atomic E-state index is 12.3. The predicted octanol–water partition coefficient (Wildman–Crippen LogP) is 4.22. The third-order valence-corrected chi connectivity index (χ3v) is 5.02. The van der Waals surface area contributed by atoms with Gasteiger partial charge in [-0.1, -0.05) is 22.2 Å². The van der Waals surface area contributed by atoms with Crippen molar-refractivity contribution in [3.63, 3.8) is 0 Å². The SMILES string of the molecule is Cc1ccc(S(=O)(=O)N=Nc2c(O)[nH]c3ccc(Cl)cc23)cc1[N+](=O)[O-]. The minimum absolute atomic E-state index is 0.104. The van der Waals surface area contributed by atoms with Gasteiger partial charge in [-0.15, -0.1) is 5.11 Å². The molecule has 0 saturated heterocycles. The van der Waals surface area contributed by atoms with Crippen molar-refractivity contribution in [1.82, 2.24) is 4.98 Å². The van der Waals surface area contributed by atoms with Crippen LogP contribution in [-0.2, 0) is 10.0 Å². The lowest BCUT2D eigenvalue weighted by Gasteiger charge is -2.00. The van der Waals surface area contributed by atoms with Gasteiger partial charge in [-0.3, -0.25) is 10.1 Å². The fourth-order valence-electron chi connectivity index (χ4n) is 2.33. The monoisotopic (exact) mass is 394 g/mol. The van der Waals surface area contributed by atoms with Crippen molar-refractivity contribution in [3.8, 4) is 5.88 Å². The molecule has 3 rings (SSSR count). The molecule has 0 aliphatic heterocycles. The molecule has 0 radical (unpaired) electrons. The number of benzene rings is 2. The summed E-state index contributed by atoms with van der Waals surface area (Å²) in [6, 6.07) is 8.09. The molecule has 1 heterocycles. The molecule has 9 nitrogen and oxygen atoms in total. The van der Waals surface area contributed by atoms with Gasteiger partial charge in [0.2, 0.25) is 5.88 Å². The number of aromatic nitrogens is 1. The molecule has 1 aromatic heterocycles. The molecular formula is C15H11ClN4O5S. The lowest BCUT2D eigenvalue weighted by atomic mass is 10.2. The first kappa shape index (κ1) is 17.8. The molecule has 0 spiro atoms. The van der Waals surface area contributed by atoms with E-state index < -0.39 is 14.9 Å². The largest absolute Gasteiger partial charge is 0.493 e. The minimum atomic E-state index is -4.31. The van der Waals surface area contributed by atoms with Crippen LogP contribution >= 0.6 is 11.6 Å². The molecule has 0 fully saturated rings. The lowest BCUT2D eigenvalue weighted by molar-refractivity contribution is -0.385. The molecule has 0 aliphatic carbocycles. The summed E-state index contributed by atoms with van der Waals surface area (Å²) in [5.74, 6) is -0.379. The standard InChI is InChI=1S/C15H11ClN4O5S/c1-8-2-4-10(7-13(8)20(22)23)26(24,25)19-18-14-11-6-9(16)3-5-12(11)17-15(14)21/h2-7,17,21H,1H3. The Labute approximate surface area is 152 Å². The molecule has 0 saturated carbocycles. The van der Waals surface area contributed by atoms with Gasteiger partial charge in [0.05, 0.1) is 15.3 Å². The molecule has 0 amide bonds. The molecule has 0 aliphatic rings. The number of hydrogen-bond acceptors (Lipinski definition) is 6. The van der Waals surface area contributed by atoms with Gasteiger partial charge in [-0.2, -0.15) is 8.42 Å². The molecular weight excluding hydrogens is 384 g/mol. The van der Waals surface area contributed by atoms with E-state index in [9.17, 15) is 23.6 Å². The summed E-state index contributed by atoms with van der Waals surface area (Å²) in [6.07, 6.45) is 0. The smallest absolute Gasteiger partial charge is 0.300 e. The highest BCUT2D eigenvalue weighted by Gasteiger charge is 2.20. The predicted molar refractivity (Wildman–Crippen MR) is 94.5 cm³/mol. The van der Waals surface area contributed by atoms with E-state index in [1.807, 2.05) is 0 Å². The number of rotatable bonds is 4. The van der Waals surface area contributed by atoms with Gasteiger partial charge in [0.25, 0.3) is 15.7 Å². The number of nitro groups is 1. The highest BCUT2D eigenvalue weighted by molar-refractivity contribution is 7.90. The first-order valence-corrected chi connectivity index (χ1v) is 8.94. The van der Waals surface area contributed by atoms with E-state index >= 15 is 0 Å². The number of nitrogens with one attached hydrogen (secondary N) is 1. The molecule has 11 heteroatoms. The molecule has 2 aromatic carbocycles. The molecule has 0 bridgehead atoms. The molecule has 26 heavy (non-hydrogen) atoms. The maximum Gasteiger partial charge on any atom is 0.300 e. The average Bonchev–Trinajstić information content (AvgIpc) is 2.87. The topological polar surface area (TPSA) is 138 Å². The number of fused-ring (bicyclic) bond motifs is 1. The second-order valence-electron chi connectivity index (χ2n) is 5.37. The molecule has 0 unspecified atom stereocenters. The Hall–Kier alpha value is -2.98. The molecule has 134 valence electrons. The van der Waals surface area contributed by atoms with Crippen LogP contribution in [-0.4, -0.2) is 23.4 Å². The van der Waals surface area contributed by atoms with E-state index in [4.69, 9.17) is 11.6 Å². The van der Waals surface area contributed by atoms with Crippen LogP contribution < -0.4 is 0 Å². The van der Waals surface area contributed by atoms with E-state index in [0.29, 0.717) is 21.5 Å². The fourth-order valence-corrected chi connectivity index (χ4v) is 3.28. The quantitative estimate of drug-likeness (QED) is 0.387. The van der Waals surface area contributed by atoms with Gasteiger partial charge in [0, 0.05) is 22.0 Å². The number of aryl methyl sites for hydroxylation is 1. The van der Waals surface area contributed by atoms with Gasteiger partial charge in [-0.05, 0) is 31.2 Å². The van der Waals surface area contributed by atoms with Crippen molar-refractivity contribution in [2.75, 3.05) is 0 Å². The summed E-state index contributed by atoms with van der Waals surface area (Å²) in [5.41, 5.74) is 0.356. The summed E-state index contributed by atoms with van der Waals surface area (Å²) >= 11 is 5.90. The van der Waals surface area contributed by atoms with Crippen molar-refractivity contribution in [2.45, 2.75) is 11.8 Å². The summed E-state index contributed by atoms with van der Waals surface area (Å²) in [7, 11) is -4.31. The Bertz CT molecular complexity index is 1170. The number of halogens is 1. The number of hydrogen-bond donors (Lipinski definition) is 2. The Morgan fingerprint density at radius 1 is 1.23 bits per heavy atom. The van der Waals surface area contributed by atoms with Crippen LogP contribution in [0.3, 0.4) is 0 Å². The number of nitrogens with zero attached hydrogens (tertiary/aromatic N) is 3. The maximum atomic E-state index is 12.3. The van der Waals surface area contributed by atoms with Crippen molar-refractivity contribution in [2.24, 2.45) is 9.63 Å². The first-order valence-electron chi connectivity index (χ1n) is 7.12. The van der Waals surface area contributed by atoms with Crippen LogP contribution in [0.5, 0.6) is 5.88 Å². The summed E-state index contributed by atoms with van der Waals surface area (Å²) in [6.45, 7) is 1.49. The Morgan fingerprint density at radius 2 is 1.96 bits per heavy atom. The Morgan fingerprint density at radius 3 is 2.65 bits per heavy atom. The second kappa shape index (κ2) is 6.39. The number of aromatic hydroxyl groups is 1. The zero-order chi connectivity index (χ0) is 19.1. The highest BCUT2D eigenvalue weighted by atomic mass is 35.5. The first-order chi connectivity index (χ1) is 12.2. The normalized spacial score (nSPS) is 12.1. The van der Waals surface area contributed by atoms with E-state index in [0.717, 1.165) is 6.07 Å². The average molecular weight is 395 g/mol. The number of aromatic amines is 1. The van der Waals surface area contributed by atoms with Gasteiger partial charge >= 0.3 is 0 Å². The van der Waals surface area contributed by atoms with Crippen molar-refractivity contribution in [1.29, 1.82) is 0 Å². The lowest BCUT2D eigenvalue weighted by Crippen LogP contribution is -1.99. The Kier molecular flexibility index (Phi) is 4.38. The van der Waals surface area contributed by atoms with Crippen LogP contribution in [0.1, 0.15) is 5.56 Å². The molecule has 3 aromatic rings.